The average molecular weight is 1200 g/mol. The standard InChI is InChI=1S/C61H73F20N/c1-3-4-5-6-7-8-9-10-11-14-17-20-23-26-29-32-35-82(2)36(37-41(62)49(70)57(78)50(71)42(37)63)33-30-27-24-21-18-15-12-13-16-19-22-25-28-31-34-61(38-43(64)51(72)58(79)52(73)44(38)65,39-45(66)53(74)59(80)54(75)46(39)67)40-47(68)55(76)60(81)56(77)48(40)69/h36H,3-35H2,1-2H3. The molecule has 0 fully saturated rings. The first-order valence-corrected chi connectivity index (χ1v) is 28.8. The van der Waals surface area contributed by atoms with Crippen LogP contribution in [0.1, 0.15) is 241 Å². The molecule has 1 unspecified atom stereocenters. The molecule has 4 rings (SSSR count). The first-order valence-electron chi connectivity index (χ1n) is 28.8. The highest BCUT2D eigenvalue weighted by atomic mass is 19.2. The zero-order valence-corrected chi connectivity index (χ0v) is 46.4. The zero-order chi connectivity index (χ0) is 60.8. The predicted octanol–water partition coefficient (Wildman–Crippen LogP) is 22.0. The Morgan fingerprint density at radius 1 is 0.256 bits per heavy atom. The molecule has 1 nitrogen and oxygen atoms in total. The molecule has 4 aromatic carbocycles. The van der Waals surface area contributed by atoms with Crippen LogP contribution in [0.15, 0.2) is 0 Å². The predicted molar refractivity (Wildman–Crippen MR) is 274 cm³/mol. The average Bonchev–Trinajstić information content (AvgIpc) is 0.868. The summed E-state index contributed by atoms with van der Waals surface area (Å²) in [5, 5.41) is 0. The van der Waals surface area contributed by atoms with Crippen LogP contribution in [-0.2, 0) is 5.41 Å². The van der Waals surface area contributed by atoms with E-state index in [1.165, 1.54) is 64.2 Å². The minimum atomic E-state index is -4.50. The zero-order valence-electron chi connectivity index (χ0n) is 46.4. The molecule has 0 saturated carbocycles. The highest BCUT2D eigenvalue weighted by molar-refractivity contribution is 5.55. The molecule has 462 valence electrons. The van der Waals surface area contributed by atoms with E-state index in [0.717, 1.165) is 57.8 Å². The number of unbranched alkanes of at least 4 members (excludes halogenated alkanes) is 28. The van der Waals surface area contributed by atoms with Crippen molar-refractivity contribution in [1.82, 2.24) is 4.90 Å². The van der Waals surface area contributed by atoms with Crippen LogP contribution in [0.3, 0.4) is 0 Å². The molecule has 82 heavy (non-hydrogen) atoms. The van der Waals surface area contributed by atoms with Gasteiger partial charge in [0.15, 0.2) is 93.1 Å². The molecule has 0 aliphatic rings. The first-order chi connectivity index (χ1) is 39.0. The summed E-state index contributed by atoms with van der Waals surface area (Å²) in [4.78, 5) is 1.65. The fraction of sp³-hybridized carbons (Fsp3) is 0.607. The third-order valence-electron chi connectivity index (χ3n) is 15.7. The van der Waals surface area contributed by atoms with Gasteiger partial charge in [0, 0.05) is 28.3 Å². The van der Waals surface area contributed by atoms with Gasteiger partial charge in [0.25, 0.3) is 0 Å². The van der Waals surface area contributed by atoms with Crippen LogP contribution in [0.5, 0.6) is 0 Å². The molecular weight excluding hydrogens is 1130 g/mol. The number of halogens is 20. The van der Waals surface area contributed by atoms with Crippen molar-refractivity contribution >= 4 is 0 Å². The van der Waals surface area contributed by atoms with E-state index in [9.17, 15) is 52.7 Å². The summed E-state index contributed by atoms with van der Waals surface area (Å²) in [5.74, 6) is -55.3. The van der Waals surface area contributed by atoms with Crippen molar-refractivity contribution in [2.45, 2.75) is 224 Å². The second-order valence-corrected chi connectivity index (χ2v) is 21.5. The van der Waals surface area contributed by atoms with Crippen LogP contribution < -0.4 is 0 Å². The van der Waals surface area contributed by atoms with Gasteiger partial charge in [0.05, 0.1) is 5.41 Å². The molecule has 4 aromatic rings. The van der Waals surface area contributed by atoms with Gasteiger partial charge < -0.3 is 0 Å². The summed E-state index contributed by atoms with van der Waals surface area (Å²) in [5.41, 5.74) is -13.3. The van der Waals surface area contributed by atoms with E-state index in [1.807, 2.05) is 0 Å². The maximum absolute atomic E-state index is 15.7. The SMILES string of the molecule is CCCCCCCCCCCCCCCCCCN(C)C(CCCCCCCCCCCCCCCCC(c1c(F)c(F)c(F)c(F)c1F)(c1c(F)c(F)c(F)c(F)c1F)c1c(F)c(F)c(F)c(F)c1F)c1c(F)c(F)c(F)c(F)c1F. The van der Waals surface area contributed by atoms with Gasteiger partial charge in [0.1, 0.15) is 0 Å². The molecule has 0 aliphatic carbocycles. The maximum Gasteiger partial charge on any atom is 0.200 e. The number of benzene rings is 4. The third kappa shape index (κ3) is 17.3. The number of nitrogens with zero attached hydrogens (tertiary/aromatic N) is 1. The van der Waals surface area contributed by atoms with Crippen LogP contribution in [0.25, 0.3) is 0 Å². The lowest BCUT2D eigenvalue weighted by Gasteiger charge is -2.37. The lowest BCUT2D eigenvalue weighted by molar-refractivity contribution is 0.207. The third-order valence-corrected chi connectivity index (χ3v) is 15.7. The summed E-state index contributed by atoms with van der Waals surface area (Å²) in [6.07, 6.45) is 22.9. The van der Waals surface area contributed by atoms with Crippen LogP contribution >= 0.6 is 0 Å². The van der Waals surface area contributed by atoms with Crippen molar-refractivity contribution in [2.24, 2.45) is 0 Å². The van der Waals surface area contributed by atoms with Crippen LogP contribution in [-0.4, -0.2) is 18.5 Å². The topological polar surface area (TPSA) is 3.24 Å². The summed E-state index contributed by atoms with van der Waals surface area (Å²) in [7, 11) is 1.62. The molecule has 0 spiro atoms. The van der Waals surface area contributed by atoms with Crippen molar-refractivity contribution < 1.29 is 87.8 Å². The molecule has 0 aromatic heterocycles. The molecule has 0 bridgehead atoms. The van der Waals surface area contributed by atoms with E-state index < -0.39 is 163 Å². The lowest BCUT2D eigenvalue weighted by Crippen LogP contribution is -2.39. The largest absolute Gasteiger partial charge is 0.299 e. The van der Waals surface area contributed by atoms with E-state index >= 15 is 35.1 Å². The van der Waals surface area contributed by atoms with Crippen molar-refractivity contribution in [2.75, 3.05) is 13.6 Å². The molecule has 1 atom stereocenters. The van der Waals surface area contributed by atoms with Crippen molar-refractivity contribution in [1.29, 1.82) is 0 Å². The molecule has 0 aliphatic heterocycles. The lowest BCUT2D eigenvalue weighted by atomic mass is 9.65. The fourth-order valence-corrected chi connectivity index (χ4v) is 11.1. The van der Waals surface area contributed by atoms with E-state index in [2.05, 4.69) is 6.92 Å². The molecule has 0 saturated heterocycles. The van der Waals surface area contributed by atoms with Gasteiger partial charge in [0.2, 0.25) is 23.3 Å². The number of hydrogen-bond acceptors (Lipinski definition) is 1. The smallest absolute Gasteiger partial charge is 0.200 e. The van der Waals surface area contributed by atoms with E-state index in [1.54, 1.807) is 11.9 Å². The molecule has 0 heterocycles. The second kappa shape index (κ2) is 34.4. The molecule has 0 amide bonds. The van der Waals surface area contributed by atoms with Crippen LogP contribution in [0, 0.1) is 116 Å². The van der Waals surface area contributed by atoms with E-state index in [-0.39, 0.29) is 19.3 Å². The van der Waals surface area contributed by atoms with Gasteiger partial charge in [-0.05, 0) is 32.9 Å². The van der Waals surface area contributed by atoms with Gasteiger partial charge in [-0.3, -0.25) is 4.90 Å². The Bertz CT molecular complexity index is 2390. The van der Waals surface area contributed by atoms with Gasteiger partial charge in [-0.2, -0.15) is 0 Å². The second-order valence-electron chi connectivity index (χ2n) is 21.5. The van der Waals surface area contributed by atoms with Crippen molar-refractivity contribution in [3.05, 3.63) is 139 Å². The minimum Gasteiger partial charge on any atom is -0.299 e. The molecular formula is C61H73F20N. The van der Waals surface area contributed by atoms with Gasteiger partial charge in [-0.25, -0.2) is 87.8 Å². The Morgan fingerprint density at radius 3 is 0.732 bits per heavy atom. The quantitative estimate of drug-likeness (QED) is 0.0142. The first kappa shape index (κ1) is 69.9. The maximum atomic E-state index is 15.7. The monoisotopic (exact) mass is 1200 g/mol. The van der Waals surface area contributed by atoms with Crippen LogP contribution in [0.4, 0.5) is 87.8 Å². The number of hydrogen-bond donors (Lipinski definition) is 0. The number of rotatable bonds is 39. The Kier molecular flexibility index (Phi) is 29.3. The Balaban J connectivity index is 1.26. The minimum absolute atomic E-state index is 0.0574. The van der Waals surface area contributed by atoms with Gasteiger partial charge in [-0.1, -0.05) is 193 Å². The van der Waals surface area contributed by atoms with Crippen LogP contribution in [0.2, 0.25) is 0 Å². The summed E-state index contributed by atoms with van der Waals surface area (Å²) in [6, 6.07) is -1.05. The molecule has 0 radical (unpaired) electrons. The molecule has 0 N–H and O–H groups in total. The Morgan fingerprint density at radius 2 is 0.463 bits per heavy atom. The van der Waals surface area contributed by atoms with E-state index in [4.69, 9.17) is 0 Å². The van der Waals surface area contributed by atoms with E-state index in [0.29, 0.717) is 57.9 Å². The normalized spacial score (nSPS) is 12.5. The highest BCUT2D eigenvalue weighted by Crippen LogP contribution is 2.52. The Labute approximate surface area is 467 Å². The Hall–Kier alpha value is -4.56. The van der Waals surface area contributed by atoms with Gasteiger partial charge in [-0.15, -0.1) is 0 Å². The van der Waals surface area contributed by atoms with Crippen molar-refractivity contribution in [3.8, 4) is 0 Å². The summed E-state index contributed by atoms with van der Waals surface area (Å²) in [6.45, 7) is 2.60. The highest BCUT2D eigenvalue weighted by Gasteiger charge is 2.53. The van der Waals surface area contributed by atoms with Gasteiger partial charge >= 0.3 is 0 Å². The molecule has 21 heteroatoms. The summed E-state index contributed by atoms with van der Waals surface area (Å²) >= 11 is 0. The fourth-order valence-electron chi connectivity index (χ4n) is 11.1. The van der Waals surface area contributed by atoms with Crippen molar-refractivity contribution in [3.63, 3.8) is 0 Å². The summed E-state index contributed by atoms with van der Waals surface area (Å²) < 4.78 is 299.